The molecule has 27 heavy (non-hydrogen) atoms. The van der Waals surface area contributed by atoms with Gasteiger partial charge in [0.25, 0.3) is 0 Å². The summed E-state index contributed by atoms with van der Waals surface area (Å²) < 4.78 is 2.20. The molecule has 4 aromatic rings. The molecule has 0 aliphatic rings. The molecule has 132 valence electrons. The number of nitrogens with zero attached hydrogens (tertiary/aromatic N) is 2. The van der Waals surface area contributed by atoms with Gasteiger partial charge in [-0.3, -0.25) is 4.99 Å². The van der Waals surface area contributed by atoms with Crippen LogP contribution in [-0.2, 0) is 6.54 Å². The molecule has 4 heteroatoms. The van der Waals surface area contributed by atoms with Crippen LogP contribution in [0.3, 0.4) is 0 Å². The number of fused-ring (bicyclic) bond motifs is 1. The lowest BCUT2D eigenvalue weighted by Gasteiger charge is -2.05. The van der Waals surface area contributed by atoms with Gasteiger partial charge in [0.05, 0.1) is 11.7 Å². The normalized spacial score (nSPS) is 11.3. The summed E-state index contributed by atoms with van der Waals surface area (Å²) in [5.41, 5.74) is 4.04. The third kappa shape index (κ3) is 3.65. The maximum atomic E-state index is 11.0. The van der Waals surface area contributed by atoms with Crippen molar-refractivity contribution in [1.82, 2.24) is 4.57 Å². The first-order valence-corrected chi connectivity index (χ1v) is 8.68. The predicted molar refractivity (Wildman–Crippen MR) is 106 cm³/mol. The summed E-state index contributed by atoms with van der Waals surface area (Å²) in [5, 5.41) is 12.1. The number of rotatable bonds is 5. The highest BCUT2D eigenvalue weighted by Gasteiger charge is 2.07. The Hall–Kier alpha value is -3.66. The number of hydrogen-bond donors (Lipinski definition) is 0. The van der Waals surface area contributed by atoms with Crippen LogP contribution in [0.2, 0.25) is 0 Å². The minimum atomic E-state index is -1.20. The third-order valence-corrected chi connectivity index (χ3v) is 4.45. The van der Waals surface area contributed by atoms with Gasteiger partial charge in [0, 0.05) is 35.4 Å². The minimum absolute atomic E-state index is 0.121. The number of para-hydroxylation sites is 1. The Morgan fingerprint density at radius 3 is 2.56 bits per heavy atom. The molecule has 0 amide bonds. The van der Waals surface area contributed by atoms with Crippen molar-refractivity contribution in [2.75, 3.05) is 0 Å². The fourth-order valence-corrected chi connectivity index (χ4v) is 3.15. The number of aliphatic imine (C=N–C) groups is 1. The molecule has 4 nitrogen and oxygen atoms in total. The monoisotopic (exact) mass is 353 g/mol. The molecule has 0 aliphatic heterocycles. The summed E-state index contributed by atoms with van der Waals surface area (Å²) in [6.45, 7) is 0.773. The van der Waals surface area contributed by atoms with E-state index in [0.717, 1.165) is 23.0 Å². The van der Waals surface area contributed by atoms with Gasteiger partial charge in [-0.1, -0.05) is 60.7 Å². The fourth-order valence-electron chi connectivity index (χ4n) is 3.15. The van der Waals surface area contributed by atoms with E-state index in [-0.39, 0.29) is 5.56 Å². The second kappa shape index (κ2) is 7.30. The highest BCUT2D eigenvalue weighted by Crippen LogP contribution is 2.22. The summed E-state index contributed by atoms with van der Waals surface area (Å²) in [4.78, 5) is 15.5. The zero-order valence-corrected chi connectivity index (χ0v) is 14.6. The van der Waals surface area contributed by atoms with Gasteiger partial charge in [0.15, 0.2) is 0 Å². The maximum absolute atomic E-state index is 11.0. The van der Waals surface area contributed by atoms with Gasteiger partial charge in [-0.05, 0) is 29.3 Å². The summed E-state index contributed by atoms with van der Waals surface area (Å²) in [6, 6.07) is 24.9. The number of aromatic nitrogens is 1. The van der Waals surface area contributed by atoms with Crippen molar-refractivity contribution in [2.24, 2.45) is 4.99 Å². The molecule has 0 saturated carbocycles. The maximum Gasteiger partial charge on any atom is 0.0716 e. The molecular weight excluding hydrogens is 336 g/mol. The van der Waals surface area contributed by atoms with Crippen LogP contribution < -0.4 is 5.11 Å². The second-order valence-corrected chi connectivity index (χ2v) is 6.31. The van der Waals surface area contributed by atoms with Crippen molar-refractivity contribution in [2.45, 2.75) is 6.54 Å². The van der Waals surface area contributed by atoms with Crippen molar-refractivity contribution in [3.05, 3.63) is 102 Å². The lowest BCUT2D eigenvalue weighted by Crippen LogP contribution is -2.21. The number of aromatic carboxylic acids is 1. The Labute approximate surface area is 157 Å². The van der Waals surface area contributed by atoms with Crippen LogP contribution >= 0.6 is 0 Å². The zero-order chi connectivity index (χ0) is 18.6. The van der Waals surface area contributed by atoms with Crippen LogP contribution in [0, 0.1) is 0 Å². The molecule has 1 heterocycles. The first-order chi connectivity index (χ1) is 13.2. The first kappa shape index (κ1) is 16.8. The lowest BCUT2D eigenvalue weighted by atomic mass is 10.2. The minimum Gasteiger partial charge on any atom is -0.545 e. The average molecular weight is 353 g/mol. The average Bonchev–Trinajstić information content (AvgIpc) is 3.05. The summed E-state index contributed by atoms with van der Waals surface area (Å²) in [5.74, 6) is -1.20. The third-order valence-electron chi connectivity index (χ3n) is 4.45. The number of carboxylic acid groups (broad SMARTS) is 1. The van der Waals surface area contributed by atoms with Crippen molar-refractivity contribution in [3.8, 4) is 0 Å². The zero-order valence-electron chi connectivity index (χ0n) is 14.6. The van der Waals surface area contributed by atoms with Gasteiger partial charge in [0.2, 0.25) is 0 Å². The van der Waals surface area contributed by atoms with Crippen LogP contribution in [0.1, 0.15) is 21.5 Å². The summed E-state index contributed by atoms with van der Waals surface area (Å²) >= 11 is 0. The Kier molecular flexibility index (Phi) is 4.54. The van der Waals surface area contributed by atoms with Gasteiger partial charge < -0.3 is 14.5 Å². The van der Waals surface area contributed by atoms with E-state index in [0.29, 0.717) is 5.69 Å². The van der Waals surface area contributed by atoms with Crippen LogP contribution in [0.15, 0.2) is 90.1 Å². The highest BCUT2D eigenvalue weighted by atomic mass is 16.4. The van der Waals surface area contributed by atoms with E-state index < -0.39 is 5.97 Å². The van der Waals surface area contributed by atoms with Gasteiger partial charge in [-0.15, -0.1) is 0 Å². The van der Waals surface area contributed by atoms with Gasteiger partial charge in [-0.25, -0.2) is 0 Å². The van der Waals surface area contributed by atoms with Crippen LogP contribution in [0.5, 0.6) is 0 Å². The molecule has 0 fully saturated rings. The van der Waals surface area contributed by atoms with Gasteiger partial charge in [0.1, 0.15) is 0 Å². The van der Waals surface area contributed by atoms with Crippen LogP contribution in [-0.4, -0.2) is 16.8 Å². The molecule has 4 rings (SSSR count). The second-order valence-electron chi connectivity index (χ2n) is 6.31. The van der Waals surface area contributed by atoms with Gasteiger partial charge in [-0.2, -0.15) is 0 Å². The Morgan fingerprint density at radius 1 is 0.963 bits per heavy atom. The first-order valence-electron chi connectivity index (χ1n) is 8.68. The van der Waals surface area contributed by atoms with E-state index in [9.17, 15) is 9.90 Å². The van der Waals surface area contributed by atoms with E-state index in [1.54, 1.807) is 18.3 Å². The number of carbonyl (C=O) groups is 1. The Morgan fingerprint density at radius 2 is 1.74 bits per heavy atom. The number of hydrogen-bond acceptors (Lipinski definition) is 3. The van der Waals surface area contributed by atoms with Crippen molar-refractivity contribution in [1.29, 1.82) is 0 Å². The molecule has 0 aliphatic carbocycles. The molecule has 1 aromatic heterocycles. The topological polar surface area (TPSA) is 57.4 Å². The molecule has 0 N–H and O–H groups in total. The lowest BCUT2D eigenvalue weighted by molar-refractivity contribution is -0.255. The predicted octanol–water partition coefficient (Wildman–Crippen LogP) is 3.80. The van der Waals surface area contributed by atoms with Crippen LogP contribution in [0.4, 0.5) is 5.69 Å². The molecular formula is C23H17N2O2-. The van der Waals surface area contributed by atoms with E-state index in [1.807, 2.05) is 30.3 Å². The SMILES string of the molecule is O=C([O-])c1cccc(N=Cc2cn(Cc3ccccc3)c3ccccc23)c1. The quantitative estimate of drug-likeness (QED) is 0.512. The van der Waals surface area contributed by atoms with E-state index in [1.165, 1.54) is 17.7 Å². The van der Waals surface area contributed by atoms with Crippen molar-refractivity contribution < 1.29 is 9.90 Å². The Balaban J connectivity index is 1.70. The van der Waals surface area contributed by atoms with Gasteiger partial charge >= 0.3 is 0 Å². The largest absolute Gasteiger partial charge is 0.545 e. The van der Waals surface area contributed by atoms with Crippen molar-refractivity contribution >= 4 is 28.8 Å². The standard InChI is InChI=1S/C23H18N2O2/c26-23(27)18-9-6-10-20(13-18)24-14-19-16-25(15-17-7-2-1-3-8-17)22-12-5-4-11-21(19)22/h1-14,16H,15H2,(H,26,27)/p-1. The smallest absolute Gasteiger partial charge is 0.0716 e. The molecule has 0 atom stereocenters. The molecule has 0 saturated heterocycles. The molecule has 0 unspecified atom stereocenters. The number of carboxylic acids is 1. The number of benzene rings is 3. The van der Waals surface area contributed by atoms with E-state index in [4.69, 9.17) is 0 Å². The van der Waals surface area contributed by atoms with Crippen molar-refractivity contribution in [3.63, 3.8) is 0 Å². The van der Waals surface area contributed by atoms with E-state index >= 15 is 0 Å². The molecule has 0 spiro atoms. The molecule has 0 bridgehead atoms. The summed E-state index contributed by atoms with van der Waals surface area (Å²) in [6.07, 6.45) is 3.85. The highest BCUT2D eigenvalue weighted by molar-refractivity contribution is 6.00. The van der Waals surface area contributed by atoms with Crippen LogP contribution in [0.25, 0.3) is 10.9 Å². The number of carbonyl (C=O) groups excluding carboxylic acids is 1. The van der Waals surface area contributed by atoms with E-state index in [2.05, 4.69) is 40.0 Å². The molecule has 3 aromatic carbocycles. The summed E-state index contributed by atoms with van der Waals surface area (Å²) in [7, 11) is 0. The Bertz CT molecular complexity index is 1130. The fraction of sp³-hybridized carbons (Fsp3) is 0.0435. The molecule has 0 radical (unpaired) electrons.